The summed E-state index contributed by atoms with van der Waals surface area (Å²) in [4.78, 5) is 38.4. The van der Waals surface area contributed by atoms with Crippen molar-refractivity contribution in [2.75, 3.05) is 32.4 Å². The summed E-state index contributed by atoms with van der Waals surface area (Å²) in [7, 11) is 1.28. The topological polar surface area (TPSA) is 109 Å². The van der Waals surface area contributed by atoms with Crippen molar-refractivity contribution in [3.05, 3.63) is 94.4 Å². The van der Waals surface area contributed by atoms with Crippen molar-refractivity contribution in [3.8, 4) is 28.4 Å². The standard InChI is InChI=1S/C31H27NO8S/c1-19-24(14-20-8-13-25-26(15-20)40-18-39-25)29(31(35)36-2)30(41-19)32-27(33)16-38-28(34)17-37-23-11-9-22(10-12-23)21-6-4-3-5-7-21/h3-13,15H,14,16-18H2,1-2H3,(H,32,33). The lowest BCUT2D eigenvalue weighted by Crippen LogP contribution is -2.24. The molecule has 1 aromatic heterocycles. The van der Waals surface area contributed by atoms with E-state index in [1.165, 1.54) is 18.4 Å². The molecule has 0 saturated carbocycles. The van der Waals surface area contributed by atoms with Crippen molar-refractivity contribution >= 4 is 34.2 Å². The van der Waals surface area contributed by atoms with Crippen molar-refractivity contribution in [1.29, 1.82) is 0 Å². The Morgan fingerprint density at radius 1 is 0.902 bits per heavy atom. The van der Waals surface area contributed by atoms with Gasteiger partial charge in [0.05, 0.1) is 12.7 Å². The molecule has 0 aliphatic carbocycles. The number of hydrogen-bond acceptors (Lipinski definition) is 9. The second-order valence-corrected chi connectivity index (χ2v) is 10.3. The predicted molar refractivity (Wildman–Crippen MR) is 153 cm³/mol. The molecule has 0 unspecified atom stereocenters. The highest BCUT2D eigenvalue weighted by Crippen LogP contribution is 2.37. The van der Waals surface area contributed by atoms with Crippen LogP contribution in [0.25, 0.3) is 11.1 Å². The van der Waals surface area contributed by atoms with Gasteiger partial charge in [0.1, 0.15) is 10.8 Å². The maximum atomic E-state index is 12.7. The Morgan fingerprint density at radius 3 is 2.39 bits per heavy atom. The van der Waals surface area contributed by atoms with Gasteiger partial charge >= 0.3 is 11.9 Å². The molecule has 3 aromatic carbocycles. The number of carbonyl (C=O) groups is 3. The first-order valence-corrected chi connectivity index (χ1v) is 13.6. The van der Waals surface area contributed by atoms with Gasteiger partial charge in [-0.1, -0.05) is 48.5 Å². The van der Waals surface area contributed by atoms with Crippen LogP contribution in [0.5, 0.6) is 17.2 Å². The molecule has 0 atom stereocenters. The number of ether oxygens (including phenoxy) is 5. The average Bonchev–Trinajstić information content (AvgIpc) is 3.58. The zero-order valence-electron chi connectivity index (χ0n) is 22.4. The normalized spacial score (nSPS) is 11.6. The summed E-state index contributed by atoms with van der Waals surface area (Å²) in [6, 6.07) is 22.8. The number of hydrogen-bond donors (Lipinski definition) is 1. The highest BCUT2D eigenvalue weighted by molar-refractivity contribution is 7.16. The van der Waals surface area contributed by atoms with Crippen molar-refractivity contribution < 1.29 is 38.1 Å². The van der Waals surface area contributed by atoms with Crippen LogP contribution in [0.2, 0.25) is 0 Å². The van der Waals surface area contributed by atoms with E-state index < -0.39 is 24.5 Å². The number of benzene rings is 3. The van der Waals surface area contributed by atoms with E-state index in [2.05, 4.69) is 5.32 Å². The van der Waals surface area contributed by atoms with Crippen LogP contribution in [0, 0.1) is 6.92 Å². The van der Waals surface area contributed by atoms with E-state index in [-0.39, 0.29) is 19.0 Å². The number of thiophene rings is 1. The quantitative estimate of drug-likeness (QED) is 0.252. The minimum Gasteiger partial charge on any atom is -0.482 e. The smallest absolute Gasteiger partial charge is 0.344 e. The molecule has 0 bridgehead atoms. The zero-order valence-corrected chi connectivity index (χ0v) is 23.2. The van der Waals surface area contributed by atoms with Crippen LogP contribution in [0.15, 0.2) is 72.8 Å². The van der Waals surface area contributed by atoms with Crippen LogP contribution in [0.4, 0.5) is 5.00 Å². The summed E-state index contributed by atoms with van der Waals surface area (Å²) in [6.45, 7) is 1.13. The highest BCUT2D eigenvalue weighted by atomic mass is 32.1. The van der Waals surface area contributed by atoms with Gasteiger partial charge in [-0.05, 0) is 59.9 Å². The summed E-state index contributed by atoms with van der Waals surface area (Å²) in [6.07, 6.45) is 0.415. The molecule has 1 aliphatic heterocycles. The molecule has 10 heteroatoms. The van der Waals surface area contributed by atoms with Crippen LogP contribution >= 0.6 is 11.3 Å². The fraction of sp³-hybridized carbons (Fsp3) is 0.194. The Kier molecular flexibility index (Phi) is 8.50. The molecule has 0 radical (unpaired) electrons. The van der Waals surface area contributed by atoms with E-state index in [1.807, 2.05) is 67.6 Å². The van der Waals surface area contributed by atoms with Crippen LogP contribution in [-0.4, -0.2) is 45.0 Å². The molecule has 0 spiro atoms. The Balaban J connectivity index is 1.16. The number of esters is 2. The molecule has 5 rings (SSSR count). The summed E-state index contributed by atoms with van der Waals surface area (Å²) >= 11 is 1.25. The van der Waals surface area contributed by atoms with Crippen LogP contribution in [-0.2, 0) is 25.5 Å². The van der Waals surface area contributed by atoms with E-state index in [1.54, 1.807) is 12.1 Å². The first-order chi connectivity index (χ1) is 19.9. The summed E-state index contributed by atoms with van der Waals surface area (Å²) in [5.74, 6) is -0.0729. The lowest BCUT2D eigenvalue weighted by atomic mass is 10.0. The number of amides is 1. The molecule has 210 valence electrons. The fourth-order valence-electron chi connectivity index (χ4n) is 4.32. The molecule has 1 amide bonds. The van der Waals surface area contributed by atoms with Crippen LogP contribution < -0.4 is 19.5 Å². The zero-order chi connectivity index (χ0) is 28.8. The van der Waals surface area contributed by atoms with Gasteiger partial charge in [0.25, 0.3) is 5.91 Å². The van der Waals surface area contributed by atoms with Gasteiger partial charge in [-0.25, -0.2) is 9.59 Å². The Labute approximate surface area is 240 Å². The summed E-state index contributed by atoms with van der Waals surface area (Å²) in [5, 5.41) is 3.00. The van der Waals surface area contributed by atoms with Gasteiger partial charge in [-0.2, -0.15) is 0 Å². The van der Waals surface area contributed by atoms with Gasteiger partial charge in [-0.15, -0.1) is 11.3 Å². The molecule has 1 aliphatic rings. The number of aryl methyl sites for hydroxylation is 1. The molecule has 0 fully saturated rings. The van der Waals surface area contributed by atoms with Gasteiger partial charge in [0.2, 0.25) is 6.79 Å². The third kappa shape index (κ3) is 6.67. The largest absolute Gasteiger partial charge is 0.482 e. The fourth-order valence-corrected chi connectivity index (χ4v) is 5.40. The maximum Gasteiger partial charge on any atom is 0.344 e. The highest BCUT2D eigenvalue weighted by Gasteiger charge is 2.25. The van der Waals surface area contributed by atoms with E-state index in [9.17, 15) is 14.4 Å². The van der Waals surface area contributed by atoms with Gasteiger partial charge in [-0.3, -0.25) is 4.79 Å². The first-order valence-electron chi connectivity index (χ1n) is 12.7. The van der Waals surface area contributed by atoms with Crippen LogP contribution in [0.1, 0.15) is 26.4 Å². The lowest BCUT2D eigenvalue weighted by molar-refractivity contribution is -0.149. The van der Waals surface area contributed by atoms with Gasteiger partial charge < -0.3 is 29.0 Å². The molecule has 4 aromatic rings. The third-order valence-corrected chi connectivity index (χ3v) is 7.41. The van der Waals surface area contributed by atoms with Crippen molar-refractivity contribution in [2.24, 2.45) is 0 Å². The second-order valence-electron chi connectivity index (χ2n) is 9.08. The van der Waals surface area contributed by atoms with Gasteiger partial charge in [0.15, 0.2) is 24.7 Å². The Morgan fingerprint density at radius 2 is 1.63 bits per heavy atom. The third-order valence-electron chi connectivity index (χ3n) is 6.35. The van der Waals surface area contributed by atoms with E-state index in [4.69, 9.17) is 23.7 Å². The number of fused-ring (bicyclic) bond motifs is 1. The summed E-state index contributed by atoms with van der Waals surface area (Å²) in [5.41, 5.74) is 3.98. The Hall–Kier alpha value is -4.83. The number of methoxy groups -OCH3 is 1. The van der Waals surface area contributed by atoms with Crippen molar-refractivity contribution in [2.45, 2.75) is 13.3 Å². The molecular formula is C31H27NO8S. The average molecular weight is 574 g/mol. The van der Waals surface area contributed by atoms with E-state index in [0.29, 0.717) is 28.7 Å². The van der Waals surface area contributed by atoms with E-state index in [0.717, 1.165) is 27.1 Å². The van der Waals surface area contributed by atoms with Crippen molar-refractivity contribution in [3.63, 3.8) is 0 Å². The predicted octanol–water partition coefficient (Wildman–Crippen LogP) is 5.39. The van der Waals surface area contributed by atoms with Crippen LogP contribution in [0.3, 0.4) is 0 Å². The molecule has 9 nitrogen and oxygen atoms in total. The molecule has 41 heavy (non-hydrogen) atoms. The monoisotopic (exact) mass is 573 g/mol. The Bertz CT molecular complexity index is 1560. The molecule has 1 N–H and O–H groups in total. The number of nitrogens with one attached hydrogen (secondary N) is 1. The number of anilines is 1. The number of carbonyl (C=O) groups excluding carboxylic acids is 3. The SMILES string of the molecule is COC(=O)c1c(NC(=O)COC(=O)COc2ccc(-c3ccccc3)cc2)sc(C)c1Cc1ccc2c(c1)OCO2. The summed E-state index contributed by atoms with van der Waals surface area (Å²) < 4.78 is 26.4. The minimum absolute atomic E-state index is 0.165. The molecule has 2 heterocycles. The second kappa shape index (κ2) is 12.6. The minimum atomic E-state index is -0.702. The molecular weight excluding hydrogens is 546 g/mol. The first kappa shape index (κ1) is 27.7. The molecule has 0 saturated heterocycles. The van der Waals surface area contributed by atoms with Crippen molar-refractivity contribution in [1.82, 2.24) is 0 Å². The van der Waals surface area contributed by atoms with Gasteiger partial charge in [0, 0.05) is 4.88 Å². The number of rotatable bonds is 10. The maximum absolute atomic E-state index is 12.7. The van der Waals surface area contributed by atoms with E-state index >= 15 is 0 Å². The lowest BCUT2D eigenvalue weighted by Gasteiger charge is -2.10.